The molecule has 15 heavy (non-hydrogen) atoms. The Balaban J connectivity index is 1.86. The van der Waals surface area contributed by atoms with Crippen molar-refractivity contribution in [1.29, 1.82) is 0 Å². The first-order valence-corrected chi connectivity index (χ1v) is 7.23. The van der Waals surface area contributed by atoms with Gasteiger partial charge in [0.15, 0.2) is 0 Å². The maximum atomic E-state index is 2.59. The van der Waals surface area contributed by atoms with Gasteiger partial charge in [-0.25, -0.2) is 0 Å². The Kier molecular flexibility index (Phi) is 2.57. The number of hydrogen-bond donors (Lipinski definition) is 0. The van der Waals surface area contributed by atoms with Gasteiger partial charge in [0.2, 0.25) is 0 Å². The molecule has 0 N–H and O–H groups in total. The van der Waals surface area contributed by atoms with Gasteiger partial charge in [-0.2, -0.15) is 0 Å². The van der Waals surface area contributed by atoms with Crippen LogP contribution < -0.4 is 0 Å². The molecule has 3 aliphatic rings. The summed E-state index contributed by atoms with van der Waals surface area (Å²) in [6.45, 7) is 2.59. The molecule has 0 aliphatic heterocycles. The Labute approximate surface area is 94.8 Å². The molecule has 3 fully saturated rings. The summed E-state index contributed by atoms with van der Waals surface area (Å²) < 4.78 is 0. The van der Waals surface area contributed by atoms with Crippen LogP contribution in [0.4, 0.5) is 0 Å². The zero-order valence-electron chi connectivity index (χ0n) is 10.3. The summed E-state index contributed by atoms with van der Waals surface area (Å²) in [5.74, 6) is 3.33. The lowest BCUT2D eigenvalue weighted by Gasteiger charge is -2.35. The first-order valence-electron chi connectivity index (χ1n) is 7.23. The average molecular weight is 206 g/mol. The molecule has 4 bridgehead atoms. The van der Waals surface area contributed by atoms with Crippen molar-refractivity contribution in [3.8, 4) is 0 Å². The van der Waals surface area contributed by atoms with E-state index in [2.05, 4.69) is 6.92 Å². The van der Waals surface area contributed by atoms with Crippen molar-refractivity contribution in [2.45, 2.75) is 71.1 Å². The van der Waals surface area contributed by atoms with Crippen molar-refractivity contribution in [3.63, 3.8) is 0 Å². The highest BCUT2D eigenvalue weighted by atomic mass is 14.4. The monoisotopic (exact) mass is 206 g/mol. The molecule has 86 valence electrons. The van der Waals surface area contributed by atoms with Crippen LogP contribution in [0.25, 0.3) is 0 Å². The van der Waals surface area contributed by atoms with Crippen LogP contribution in [0.3, 0.4) is 0 Å². The minimum atomic E-state index is 0.738. The molecule has 0 radical (unpaired) electrons. The number of fused-ring (bicyclic) bond motifs is 3. The molecular weight excluding hydrogens is 180 g/mol. The third-order valence-electron chi connectivity index (χ3n) is 5.65. The molecule has 0 spiro atoms. The second-order valence-electron chi connectivity index (χ2n) is 7.09. The fourth-order valence-corrected chi connectivity index (χ4v) is 4.83. The van der Waals surface area contributed by atoms with Gasteiger partial charge in [0.25, 0.3) is 0 Å². The Morgan fingerprint density at radius 2 is 1.53 bits per heavy atom. The Morgan fingerprint density at radius 3 is 2.33 bits per heavy atom. The summed E-state index contributed by atoms with van der Waals surface area (Å²) in [4.78, 5) is 0. The molecule has 3 rings (SSSR count). The third-order valence-corrected chi connectivity index (χ3v) is 5.65. The largest absolute Gasteiger partial charge is 0.0596 e. The molecule has 3 saturated carbocycles. The smallest absolute Gasteiger partial charge is 0.0323 e. The predicted octanol–water partition coefficient (Wildman–Crippen LogP) is 4.78. The van der Waals surface area contributed by atoms with E-state index in [1.54, 1.807) is 51.4 Å². The molecule has 0 heterocycles. The van der Waals surface area contributed by atoms with Crippen molar-refractivity contribution in [1.82, 2.24) is 0 Å². The van der Waals surface area contributed by atoms with Crippen molar-refractivity contribution >= 4 is 0 Å². The van der Waals surface area contributed by atoms with Gasteiger partial charge in [0.1, 0.15) is 0 Å². The normalized spacial score (nSPS) is 50.6. The molecule has 0 aromatic rings. The topological polar surface area (TPSA) is 0 Å². The van der Waals surface area contributed by atoms with Crippen LogP contribution in [0.15, 0.2) is 0 Å². The lowest BCUT2D eigenvalue weighted by molar-refractivity contribution is 0.162. The standard InChI is InChI=1S/C15H26/c1-15-7-2-3-12-4-5-13(6-8-15)10-14(9-12)11-15/h12-14H,2-11H2,1H3. The van der Waals surface area contributed by atoms with E-state index in [0.29, 0.717) is 0 Å². The first kappa shape index (κ1) is 10.2. The van der Waals surface area contributed by atoms with Crippen molar-refractivity contribution < 1.29 is 0 Å². The minimum absolute atomic E-state index is 0.738. The molecule has 0 saturated heterocycles. The average Bonchev–Trinajstić information content (AvgIpc) is 2.46. The summed E-state index contributed by atoms with van der Waals surface area (Å²) in [7, 11) is 0. The third kappa shape index (κ3) is 2.10. The summed E-state index contributed by atoms with van der Waals surface area (Å²) in [6, 6.07) is 0. The highest BCUT2D eigenvalue weighted by molar-refractivity contribution is 4.89. The zero-order valence-corrected chi connectivity index (χ0v) is 10.3. The molecular formula is C15H26. The minimum Gasteiger partial charge on any atom is -0.0596 e. The number of hydrogen-bond acceptors (Lipinski definition) is 0. The zero-order chi connectivity index (χ0) is 10.3. The fourth-order valence-electron chi connectivity index (χ4n) is 4.83. The second kappa shape index (κ2) is 3.79. The highest BCUT2D eigenvalue weighted by Crippen LogP contribution is 2.50. The quantitative estimate of drug-likeness (QED) is 0.535. The van der Waals surface area contributed by atoms with Gasteiger partial charge >= 0.3 is 0 Å². The van der Waals surface area contributed by atoms with Gasteiger partial charge in [0.05, 0.1) is 0 Å². The van der Waals surface area contributed by atoms with Crippen LogP contribution in [-0.2, 0) is 0 Å². The van der Waals surface area contributed by atoms with Crippen molar-refractivity contribution in [2.75, 3.05) is 0 Å². The van der Waals surface area contributed by atoms with Gasteiger partial charge in [-0.3, -0.25) is 0 Å². The van der Waals surface area contributed by atoms with Gasteiger partial charge in [-0.05, 0) is 61.7 Å². The molecule has 3 aliphatic carbocycles. The number of rotatable bonds is 0. The van der Waals surface area contributed by atoms with Crippen molar-refractivity contribution in [3.05, 3.63) is 0 Å². The van der Waals surface area contributed by atoms with Crippen LogP contribution in [-0.4, -0.2) is 0 Å². The summed E-state index contributed by atoms with van der Waals surface area (Å²) >= 11 is 0. The van der Waals surface area contributed by atoms with Gasteiger partial charge in [-0.15, -0.1) is 0 Å². The Morgan fingerprint density at radius 1 is 0.800 bits per heavy atom. The maximum absolute atomic E-state index is 2.59. The van der Waals surface area contributed by atoms with E-state index in [4.69, 9.17) is 0 Å². The van der Waals surface area contributed by atoms with Gasteiger partial charge in [-0.1, -0.05) is 32.6 Å². The SMILES string of the molecule is CC12CCCC3CCC(CC1)CC(C3)C2. The predicted molar refractivity (Wildman–Crippen MR) is 64.7 cm³/mol. The van der Waals surface area contributed by atoms with Crippen LogP contribution in [0.2, 0.25) is 0 Å². The van der Waals surface area contributed by atoms with E-state index in [1.165, 1.54) is 12.8 Å². The molecule has 4 atom stereocenters. The maximum Gasteiger partial charge on any atom is -0.0323 e. The van der Waals surface area contributed by atoms with E-state index in [1.807, 2.05) is 0 Å². The molecule has 0 amide bonds. The van der Waals surface area contributed by atoms with Crippen LogP contribution in [0.5, 0.6) is 0 Å². The van der Waals surface area contributed by atoms with Crippen LogP contribution in [0.1, 0.15) is 71.1 Å². The van der Waals surface area contributed by atoms with E-state index >= 15 is 0 Å². The Bertz CT molecular complexity index is 232. The van der Waals surface area contributed by atoms with Gasteiger partial charge < -0.3 is 0 Å². The molecule has 4 unspecified atom stereocenters. The second-order valence-corrected chi connectivity index (χ2v) is 7.09. The van der Waals surface area contributed by atoms with E-state index in [-0.39, 0.29) is 0 Å². The first-order chi connectivity index (χ1) is 7.23. The fraction of sp³-hybridized carbons (Fsp3) is 1.00. The van der Waals surface area contributed by atoms with E-state index in [9.17, 15) is 0 Å². The Hall–Kier alpha value is 0. The lowest BCUT2D eigenvalue weighted by Crippen LogP contribution is -2.23. The van der Waals surface area contributed by atoms with Crippen LogP contribution >= 0.6 is 0 Å². The highest BCUT2D eigenvalue weighted by Gasteiger charge is 2.37. The summed E-state index contributed by atoms with van der Waals surface area (Å²) in [5, 5.41) is 0. The molecule has 0 aromatic heterocycles. The van der Waals surface area contributed by atoms with E-state index in [0.717, 1.165) is 23.2 Å². The summed E-state index contributed by atoms with van der Waals surface area (Å²) in [5.41, 5.74) is 0.738. The molecule has 0 heteroatoms. The summed E-state index contributed by atoms with van der Waals surface area (Å²) in [6.07, 6.45) is 15.6. The molecule has 0 nitrogen and oxygen atoms in total. The van der Waals surface area contributed by atoms with Crippen LogP contribution in [0, 0.1) is 23.2 Å². The van der Waals surface area contributed by atoms with E-state index < -0.39 is 0 Å². The lowest BCUT2D eigenvalue weighted by atomic mass is 9.70. The van der Waals surface area contributed by atoms with Gasteiger partial charge in [0, 0.05) is 0 Å². The molecule has 0 aromatic carbocycles. The van der Waals surface area contributed by atoms with Crippen molar-refractivity contribution in [2.24, 2.45) is 23.2 Å².